The molecular formula is C18H15NOS. The number of pyridine rings is 1. The van der Waals surface area contributed by atoms with Gasteiger partial charge in [0.15, 0.2) is 0 Å². The molecule has 1 N–H and O–H groups in total. The highest BCUT2D eigenvalue weighted by molar-refractivity contribution is 7.99. The van der Waals surface area contributed by atoms with Crippen LogP contribution < -0.4 is 0 Å². The SMILES string of the molecule is OC(c1ccccc1)c1ccc(Sc2ccccc2)nc1. The molecule has 0 saturated heterocycles. The summed E-state index contributed by atoms with van der Waals surface area (Å²) in [4.78, 5) is 5.58. The van der Waals surface area contributed by atoms with Crippen LogP contribution in [-0.4, -0.2) is 10.1 Å². The Morgan fingerprint density at radius 2 is 1.43 bits per heavy atom. The summed E-state index contributed by atoms with van der Waals surface area (Å²) in [6.45, 7) is 0. The summed E-state index contributed by atoms with van der Waals surface area (Å²) < 4.78 is 0. The molecule has 2 nitrogen and oxygen atoms in total. The standard InChI is InChI=1S/C18H15NOS/c20-18(14-7-3-1-4-8-14)15-11-12-17(19-13-15)21-16-9-5-2-6-10-16/h1-13,18,20H. The number of aliphatic hydroxyl groups excluding tert-OH is 1. The number of hydrogen-bond acceptors (Lipinski definition) is 3. The number of nitrogens with zero attached hydrogens (tertiary/aromatic N) is 1. The molecule has 1 aromatic heterocycles. The van der Waals surface area contributed by atoms with Gasteiger partial charge in [-0.25, -0.2) is 4.98 Å². The second-order valence-electron chi connectivity index (χ2n) is 4.66. The van der Waals surface area contributed by atoms with E-state index in [4.69, 9.17) is 0 Å². The topological polar surface area (TPSA) is 33.1 Å². The zero-order chi connectivity index (χ0) is 14.5. The fourth-order valence-electron chi connectivity index (χ4n) is 2.05. The Kier molecular flexibility index (Phi) is 4.34. The molecule has 0 aliphatic rings. The Bertz CT molecular complexity index is 683. The Balaban J connectivity index is 1.75. The molecule has 3 aromatic rings. The maximum Gasteiger partial charge on any atom is 0.106 e. The first kappa shape index (κ1) is 13.9. The largest absolute Gasteiger partial charge is 0.384 e. The van der Waals surface area contributed by atoms with Crippen molar-refractivity contribution < 1.29 is 5.11 Å². The fourth-order valence-corrected chi connectivity index (χ4v) is 2.83. The zero-order valence-corrected chi connectivity index (χ0v) is 12.2. The first-order valence-electron chi connectivity index (χ1n) is 6.75. The lowest BCUT2D eigenvalue weighted by Crippen LogP contribution is -1.99. The van der Waals surface area contributed by atoms with Crippen molar-refractivity contribution in [3.8, 4) is 0 Å². The van der Waals surface area contributed by atoms with E-state index >= 15 is 0 Å². The summed E-state index contributed by atoms with van der Waals surface area (Å²) in [5.74, 6) is 0. The highest BCUT2D eigenvalue weighted by Crippen LogP contribution is 2.27. The van der Waals surface area contributed by atoms with E-state index < -0.39 is 6.10 Å². The Hall–Kier alpha value is -2.10. The quantitative estimate of drug-likeness (QED) is 0.778. The summed E-state index contributed by atoms with van der Waals surface area (Å²) in [5.41, 5.74) is 1.68. The predicted octanol–water partition coefficient (Wildman–Crippen LogP) is 4.31. The van der Waals surface area contributed by atoms with Crippen molar-refractivity contribution in [1.82, 2.24) is 4.98 Å². The van der Waals surface area contributed by atoms with Crippen molar-refractivity contribution in [1.29, 1.82) is 0 Å². The number of benzene rings is 2. The van der Waals surface area contributed by atoms with Crippen molar-refractivity contribution in [2.45, 2.75) is 16.0 Å². The number of aliphatic hydroxyl groups is 1. The van der Waals surface area contributed by atoms with E-state index in [1.54, 1.807) is 18.0 Å². The summed E-state index contributed by atoms with van der Waals surface area (Å²) in [5, 5.41) is 11.2. The first-order valence-corrected chi connectivity index (χ1v) is 7.56. The van der Waals surface area contributed by atoms with Crippen LogP contribution in [0.5, 0.6) is 0 Å². The fraction of sp³-hybridized carbons (Fsp3) is 0.0556. The molecule has 0 saturated carbocycles. The molecule has 0 amide bonds. The van der Waals surface area contributed by atoms with E-state index in [1.807, 2.05) is 60.7 Å². The van der Waals surface area contributed by atoms with Gasteiger partial charge >= 0.3 is 0 Å². The van der Waals surface area contributed by atoms with Crippen molar-refractivity contribution in [3.63, 3.8) is 0 Å². The van der Waals surface area contributed by atoms with E-state index in [0.29, 0.717) is 0 Å². The van der Waals surface area contributed by atoms with Crippen LogP contribution in [0.1, 0.15) is 17.2 Å². The smallest absolute Gasteiger partial charge is 0.106 e. The molecule has 104 valence electrons. The normalized spacial score (nSPS) is 12.0. The van der Waals surface area contributed by atoms with Gasteiger partial charge in [-0.2, -0.15) is 0 Å². The molecule has 3 rings (SSSR count). The third kappa shape index (κ3) is 3.51. The van der Waals surface area contributed by atoms with Crippen molar-refractivity contribution >= 4 is 11.8 Å². The van der Waals surface area contributed by atoms with Gasteiger partial charge in [0.25, 0.3) is 0 Å². The van der Waals surface area contributed by atoms with E-state index in [9.17, 15) is 5.11 Å². The van der Waals surface area contributed by atoms with Gasteiger partial charge < -0.3 is 5.11 Å². The third-order valence-electron chi connectivity index (χ3n) is 3.16. The van der Waals surface area contributed by atoms with Gasteiger partial charge in [-0.15, -0.1) is 0 Å². The molecular weight excluding hydrogens is 278 g/mol. The second kappa shape index (κ2) is 6.57. The molecule has 0 spiro atoms. The average Bonchev–Trinajstić information content (AvgIpc) is 2.57. The number of hydrogen-bond donors (Lipinski definition) is 1. The van der Waals surface area contributed by atoms with Crippen LogP contribution in [0.3, 0.4) is 0 Å². The maximum atomic E-state index is 10.3. The molecule has 1 unspecified atom stereocenters. The van der Waals surface area contributed by atoms with Gasteiger partial charge in [0.2, 0.25) is 0 Å². The second-order valence-corrected chi connectivity index (χ2v) is 5.75. The lowest BCUT2D eigenvalue weighted by Gasteiger charge is -2.11. The van der Waals surface area contributed by atoms with Gasteiger partial charge in [0.1, 0.15) is 11.1 Å². The average molecular weight is 293 g/mol. The minimum Gasteiger partial charge on any atom is -0.384 e. The third-order valence-corrected chi connectivity index (χ3v) is 4.11. The van der Waals surface area contributed by atoms with Gasteiger partial charge in [0.05, 0.1) is 0 Å². The Morgan fingerprint density at radius 3 is 2.05 bits per heavy atom. The van der Waals surface area contributed by atoms with Crippen LogP contribution in [0.25, 0.3) is 0 Å². The van der Waals surface area contributed by atoms with E-state index in [0.717, 1.165) is 21.0 Å². The minimum absolute atomic E-state index is 0.630. The molecule has 0 aliphatic heterocycles. The highest BCUT2D eigenvalue weighted by Gasteiger charge is 2.10. The van der Waals surface area contributed by atoms with Crippen LogP contribution in [0, 0.1) is 0 Å². The monoisotopic (exact) mass is 293 g/mol. The maximum absolute atomic E-state index is 10.3. The van der Waals surface area contributed by atoms with Crippen molar-refractivity contribution in [2.75, 3.05) is 0 Å². The number of rotatable bonds is 4. The van der Waals surface area contributed by atoms with Crippen molar-refractivity contribution in [2.24, 2.45) is 0 Å². The van der Waals surface area contributed by atoms with Gasteiger partial charge in [0, 0.05) is 16.7 Å². The molecule has 0 aliphatic carbocycles. The van der Waals surface area contributed by atoms with E-state index in [2.05, 4.69) is 17.1 Å². The molecule has 0 fully saturated rings. The molecule has 3 heteroatoms. The molecule has 0 bridgehead atoms. The molecule has 0 radical (unpaired) electrons. The van der Waals surface area contributed by atoms with Crippen LogP contribution in [-0.2, 0) is 0 Å². The molecule has 21 heavy (non-hydrogen) atoms. The summed E-state index contributed by atoms with van der Waals surface area (Å²) in [7, 11) is 0. The van der Waals surface area contributed by atoms with Crippen LogP contribution in [0.15, 0.2) is 88.9 Å². The Morgan fingerprint density at radius 1 is 0.762 bits per heavy atom. The van der Waals surface area contributed by atoms with Crippen LogP contribution in [0.2, 0.25) is 0 Å². The minimum atomic E-state index is -0.630. The van der Waals surface area contributed by atoms with Crippen LogP contribution in [0.4, 0.5) is 0 Å². The van der Waals surface area contributed by atoms with Gasteiger partial charge in [-0.1, -0.05) is 66.4 Å². The molecule has 1 heterocycles. The lowest BCUT2D eigenvalue weighted by atomic mass is 10.0. The summed E-state index contributed by atoms with van der Waals surface area (Å²) in [6.07, 6.45) is 1.11. The number of aromatic nitrogens is 1. The summed E-state index contributed by atoms with van der Waals surface area (Å²) in [6, 6.07) is 23.6. The van der Waals surface area contributed by atoms with Crippen molar-refractivity contribution in [3.05, 3.63) is 90.1 Å². The molecule has 1 atom stereocenters. The van der Waals surface area contributed by atoms with Gasteiger partial charge in [-0.3, -0.25) is 0 Å². The van der Waals surface area contributed by atoms with E-state index in [-0.39, 0.29) is 0 Å². The van der Waals surface area contributed by atoms with Crippen LogP contribution >= 0.6 is 11.8 Å². The molecule has 2 aromatic carbocycles. The Labute approximate surface area is 128 Å². The van der Waals surface area contributed by atoms with E-state index in [1.165, 1.54) is 0 Å². The highest BCUT2D eigenvalue weighted by atomic mass is 32.2. The van der Waals surface area contributed by atoms with Gasteiger partial charge in [-0.05, 0) is 23.8 Å². The first-order chi connectivity index (χ1) is 10.3. The zero-order valence-electron chi connectivity index (χ0n) is 11.4. The lowest BCUT2D eigenvalue weighted by molar-refractivity contribution is 0.219. The predicted molar refractivity (Wildman–Crippen MR) is 85.3 cm³/mol. The summed E-state index contributed by atoms with van der Waals surface area (Å²) >= 11 is 1.61.